The smallest absolute Gasteiger partial charge is 0.437 e. The highest BCUT2D eigenvalue weighted by Crippen LogP contribution is 2.28. The summed E-state index contributed by atoms with van der Waals surface area (Å²) in [6, 6.07) is 43.2. The van der Waals surface area contributed by atoms with Gasteiger partial charge in [-0.1, -0.05) is 109 Å². The number of aromatic nitrogens is 29. The molecule has 0 aliphatic rings. The topological polar surface area (TPSA) is 517 Å². The Balaban J connectivity index is 0.000000126. The van der Waals surface area contributed by atoms with E-state index in [9.17, 15) is 65.5 Å². The summed E-state index contributed by atoms with van der Waals surface area (Å²) < 4.78 is 107. The van der Waals surface area contributed by atoms with E-state index in [0.29, 0.717) is 114 Å². The number of hydrogen-bond acceptors (Lipinski definition) is 32. The number of rotatable bonds is 29. The van der Waals surface area contributed by atoms with Crippen molar-refractivity contribution in [3.05, 3.63) is 387 Å². The first-order chi connectivity index (χ1) is 71.1. The van der Waals surface area contributed by atoms with Gasteiger partial charge in [0.1, 0.15) is 75.9 Å². The van der Waals surface area contributed by atoms with Gasteiger partial charge in [0.2, 0.25) is 29.5 Å². The van der Waals surface area contributed by atoms with Crippen molar-refractivity contribution in [3.63, 3.8) is 0 Å². The average Bonchev–Trinajstić information content (AvgIpc) is 1.37. The second-order valence-corrected chi connectivity index (χ2v) is 34.0. The lowest BCUT2D eigenvalue weighted by atomic mass is 10.1. The van der Waals surface area contributed by atoms with Crippen LogP contribution in [0.25, 0.3) is 66.5 Å². The third kappa shape index (κ3) is 23.6. The van der Waals surface area contributed by atoms with Crippen molar-refractivity contribution in [1.82, 2.24) is 140 Å². The molecule has 21 rings (SSSR count). The predicted octanol–water partition coefficient (Wildman–Crippen LogP) is 7.07. The quantitative estimate of drug-likeness (QED) is 0.0334. The van der Waals surface area contributed by atoms with Gasteiger partial charge in [-0.25, -0.2) is 82.6 Å². The normalized spacial score (nSPS) is 11.5. The maximum atomic E-state index is 13.3. The van der Waals surface area contributed by atoms with E-state index in [1.54, 1.807) is 90.1 Å². The van der Waals surface area contributed by atoms with E-state index in [2.05, 4.69) is 110 Å². The summed E-state index contributed by atoms with van der Waals surface area (Å²) in [4.78, 5) is 165. The fourth-order valence-corrected chi connectivity index (χ4v) is 15.6. The number of hydrogen-bond donors (Lipinski definition) is 0. The Labute approximate surface area is 828 Å². The molecule has 6 aromatic carbocycles. The maximum Gasteiger partial charge on any atom is 0.437 e. The second-order valence-electron chi connectivity index (χ2n) is 34.0. The van der Waals surface area contributed by atoms with Crippen molar-refractivity contribution in [3.8, 4) is 23.8 Å². The molecule has 46 nitrogen and oxygen atoms in total. The third-order valence-corrected chi connectivity index (χ3v) is 23.3. The summed E-state index contributed by atoms with van der Waals surface area (Å²) in [5.74, 6) is -1.97. The highest BCUT2D eigenvalue weighted by Gasteiger charge is 2.27. The lowest BCUT2D eigenvalue weighted by molar-refractivity contribution is -0.159. The molecule has 15 heterocycles. The van der Waals surface area contributed by atoms with Crippen LogP contribution in [0.4, 0.5) is 17.6 Å². The minimum absolute atomic E-state index is 0.00914. The van der Waals surface area contributed by atoms with Crippen LogP contribution in [0.5, 0.6) is 11.5 Å². The van der Waals surface area contributed by atoms with Gasteiger partial charge in [-0.15, -0.1) is 31.9 Å². The van der Waals surface area contributed by atoms with E-state index in [1.165, 1.54) is 123 Å². The molecule has 0 radical (unpaired) electrons. The van der Waals surface area contributed by atoms with Crippen molar-refractivity contribution >= 4 is 66.5 Å². The molecule has 0 atom stereocenters. The molecule has 148 heavy (non-hydrogen) atoms. The summed E-state index contributed by atoms with van der Waals surface area (Å²) >= 11 is 0. The first kappa shape index (κ1) is 100. The van der Waals surface area contributed by atoms with Crippen LogP contribution in [0.3, 0.4) is 0 Å². The number of methoxy groups -OCH3 is 1. The molecule has 0 aliphatic heterocycles. The Hall–Kier alpha value is -19.1. The van der Waals surface area contributed by atoms with E-state index < -0.39 is 40.8 Å². The Kier molecular flexibility index (Phi) is 29.4. The number of benzene rings is 6. The molecular formula is C98H89F4N29O17. The van der Waals surface area contributed by atoms with Gasteiger partial charge in [0.25, 0.3) is 33.7 Å². The Morgan fingerprint density at radius 1 is 0.345 bits per heavy atom. The van der Waals surface area contributed by atoms with Gasteiger partial charge in [-0.05, 0) is 126 Å². The van der Waals surface area contributed by atoms with Crippen LogP contribution in [0, 0.1) is 19.3 Å². The number of nitrogens with zero attached hydrogens (tertiary/aromatic N) is 29. The van der Waals surface area contributed by atoms with Crippen LogP contribution in [0.1, 0.15) is 87.8 Å². The number of halogens is 4. The molecule has 21 aromatic rings. The second kappa shape index (κ2) is 43.3. The minimum Gasteiger partial charge on any atom is -0.497 e. The highest BCUT2D eigenvalue weighted by molar-refractivity contribution is 5.83. The molecule has 0 spiro atoms. The van der Waals surface area contributed by atoms with Gasteiger partial charge in [-0.3, -0.25) is 46.8 Å². The number of fused-ring (bicyclic) bond motifs is 6. The van der Waals surface area contributed by atoms with E-state index in [-0.39, 0.29) is 114 Å². The van der Waals surface area contributed by atoms with Gasteiger partial charge < -0.3 is 49.8 Å². The maximum absolute atomic E-state index is 13.3. The third-order valence-electron chi connectivity index (χ3n) is 23.3. The molecule has 0 saturated heterocycles. The van der Waals surface area contributed by atoms with Gasteiger partial charge >= 0.3 is 34.9 Å². The van der Waals surface area contributed by atoms with E-state index in [4.69, 9.17) is 33.2 Å². The first-order valence-electron chi connectivity index (χ1n) is 45.5. The molecule has 0 saturated carbocycles. The minimum atomic E-state index is -3.26. The zero-order chi connectivity index (χ0) is 104. The zero-order valence-corrected chi connectivity index (χ0v) is 80.2. The molecule has 756 valence electrons. The average molecular weight is 2020 g/mol. The molecular weight excluding hydrogens is 1930 g/mol. The largest absolute Gasteiger partial charge is 0.497 e. The summed E-state index contributed by atoms with van der Waals surface area (Å²) in [5.41, 5.74) is 8.01. The SMILES string of the molecule is C#Cc1ccc(CCn2nc(Cn3cnc4nccc(C)c4c3=O)oc2=O)cc1.COc1ccc(CCn2nc(Cn3cnc4ncn(C)c4c3=O)oc2=O)cc1.Cn1cnc2ncn(Cc3nn(CCc4ccc(C(C)(F)F)cc4)c(=O)o3)c(=O)c21.Cn1cnc2ncn(Cc3nn(CCc4ccc(OC(C)(F)F)cc4)c(=O)o3)c(=O)c21.Cn1cnc2ncn(Cc3nn(CCc4ccc5ccccc5c4)c(=O)o3)c(=O)c21. The Morgan fingerprint density at radius 3 is 0.973 bits per heavy atom. The summed E-state index contributed by atoms with van der Waals surface area (Å²) in [5, 5.41) is 23.6. The van der Waals surface area contributed by atoms with Gasteiger partial charge in [0, 0.05) is 59.4 Å². The van der Waals surface area contributed by atoms with Crippen molar-refractivity contribution < 1.29 is 49.1 Å². The lowest BCUT2D eigenvalue weighted by Crippen LogP contribution is -2.22. The zero-order valence-electron chi connectivity index (χ0n) is 80.2. The first-order valence-corrected chi connectivity index (χ1v) is 45.5. The molecule has 0 aliphatic carbocycles. The van der Waals surface area contributed by atoms with Gasteiger partial charge in [0.15, 0.2) is 50.3 Å². The Bertz CT molecular complexity index is 9140. The fourth-order valence-electron chi connectivity index (χ4n) is 15.6. The van der Waals surface area contributed by atoms with E-state index in [1.807, 2.05) is 73.7 Å². The van der Waals surface area contributed by atoms with Gasteiger partial charge in [0.05, 0.1) is 70.5 Å². The molecule has 0 unspecified atom stereocenters. The summed E-state index contributed by atoms with van der Waals surface area (Å²) in [6.07, 6.45) is 19.2. The van der Waals surface area contributed by atoms with Gasteiger partial charge in [-0.2, -0.15) is 32.2 Å². The standard InChI is InChI=1S/C21H18N6O3.C21H17N5O3.C19H18F2N6O4.C19H18F2N6O3.C18H18N6O4/c1-25-12-22-19-18(25)20(28)26(13-23-19)11-17-24-27(21(29)30-17)9-8-14-6-7-15-4-2-3-5-16(15)10-14;1-3-15-4-6-16(7-5-15)9-11-26-21(28)29-17(24-26)12-25-13-23-19-18(20(25)27)14(2)8-10-22-19;1-19(20,21)31-13-5-3-12(4-6-13)7-8-27-18(29)30-14(24-27)9-26-11-23-16-15(17(26)28)25(2)10-22-16;1-19(20,21)13-5-3-12(4-6-13)7-8-27-18(29)30-14(24-27)9-26-11-23-16-15(17(26)28)25(2)10-22-16;1-22-10-19-16-15(22)17(25)23(11-20-16)9-14-21-24(18(26)28-14)8-7-12-3-5-13(27-2)6-4-12/h2-7,10,12-13H,8-9,11H2,1H3;1,4-8,10,13H,9,11-12H2,2H3;3-6,10-11H,7-9H2,1-2H3;3-6,10-11H,7-9H2,1-2H3;3-6,10-11H,7-9H2,1-2H3. The molecule has 50 heteroatoms. The summed E-state index contributed by atoms with van der Waals surface area (Å²) in [7, 11) is 8.43. The van der Waals surface area contributed by atoms with Crippen molar-refractivity contribution in [2.75, 3.05) is 7.11 Å². The Morgan fingerprint density at radius 2 is 0.642 bits per heavy atom. The fraction of sp³-hybridized carbons (Fsp3) is 0.255. The molecule has 0 fully saturated rings. The number of terminal acetylenes is 1. The van der Waals surface area contributed by atoms with Crippen LogP contribution >= 0.6 is 0 Å². The number of imidazole rings is 4. The van der Waals surface area contributed by atoms with E-state index in [0.717, 1.165) is 66.4 Å². The molecule has 0 N–H and O–H groups in total. The number of alkyl halides is 4. The van der Waals surface area contributed by atoms with Crippen molar-refractivity contribution in [1.29, 1.82) is 0 Å². The summed E-state index contributed by atoms with van der Waals surface area (Å²) in [6.45, 7) is 4.75. The van der Waals surface area contributed by atoms with Crippen LogP contribution in [-0.4, -0.2) is 153 Å². The van der Waals surface area contributed by atoms with Crippen LogP contribution < -0.4 is 66.1 Å². The van der Waals surface area contributed by atoms with Crippen molar-refractivity contribution in [2.45, 2.75) is 130 Å². The predicted molar refractivity (Wildman–Crippen MR) is 522 cm³/mol. The molecule has 0 bridgehead atoms. The van der Waals surface area contributed by atoms with E-state index >= 15 is 0 Å². The number of pyridine rings is 1. The monoisotopic (exact) mass is 2020 g/mol. The highest BCUT2D eigenvalue weighted by atomic mass is 19.3. The number of aryl methyl sites for hydroxylation is 15. The van der Waals surface area contributed by atoms with Crippen molar-refractivity contribution in [2.24, 2.45) is 28.2 Å². The molecule has 15 aromatic heterocycles. The molecule has 0 amide bonds. The van der Waals surface area contributed by atoms with Crippen LogP contribution in [0.2, 0.25) is 0 Å². The van der Waals surface area contributed by atoms with Crippen LogP contribution in [0.15, 0.2) is 279 Å². The lowest BCUT2D eigenvalue weighted by Gasteiger charge is -2.13. The number of ether oxygens (including phenoxy) is 2. The van der Waals surface area contributed by atoms with Crippen LogP contribution in [-0.2, 0) is 132 Å².